The van der Waals surface area contributed by atoms with Gasteiger partial charge in [-0.05, 0) is 37.5 Å². The molecule has 168 valence electrons. The zero-order chi connectivity index (χ0) is 22.3. The van der Waals surface area contributed by atoms with Crippen LogP contribution in [0.3, 0.4) is 0 Å². The highest BCUT2D eigenvalue weighted by Gasteiger charge is 2.62. The summed E-state index contributed by atoms with van der Waals surface area (Å²) in [4.78, 5) is 27.1. The summed E-state index contributed by atoms with van der Waals surface area (Å²) in [5.41, 5.74) is -0.368. The Morgan fingerprint density at radius 1 is 0.967 bits per heavy atom. The number of hydrogen-bond donors (Lipinski definition) is 0. The summed E-state index contributed by atoms with van der Waals surface area (Å²) in [6.45, 7) is 0.861. The van der Waals surface area contributed by atoms with Crippen molar-refractivity contribution in [3.63, 3.8) is 0 Å². The van der Waals surface area contributed by atoms with Crippen LogP contribution >= 0.6 is 0 Å². The molecule has 0 N–H and O–H groups in total. The van der Waals surface area contributed by atoms with Crippen LogP contribution in [0.2, 0.25) is 0 Å². The molecule has 0 aromatic carbocycles. The van der Waals surface area contributed by atoms with Crippen LogP contribution in [-0.2, 0) is 9.53 Å². The molecule has 12 heteroatoms. The molecule has 0 radical (unpaired) electrons. The largest absolute Gasteiger partial charge is 0.434 e. The van der Waals surface area contributed by atoms with Crippen molar-refractivity contribution in [3.05, 3.63) is 0 Å². The van der Waals surface area contributed by atoms with Gasteiger partial charge in [-0.3, -0.25) is 4.79 Å². The van der Waals surface area contributed by atoms with E-state index in [1.165, 1.54) is 0 Å². The highest BCUT2D eigenvalue weighted by molar-refractivity contribution is 5.83. The van der Waals surface area contributed by atoms with E-state index in [4.69, 9.17) is 5.26 Å². The van der Waals surface area contributed by atoms with Gasteiger partial charge in [0.15, 0.2) is 0 Å². The molecule has 3 aliphatic rings. The van der Waals surface area contributed by atoms with E-state index in [2.05, 4.69) is 10.8 Å². The van der Waals surface area contributed by atoms with Crippen molar-refractivity contribution in [3.8, 4) is 6.07 Å². The van der Waals surface area contributed by atoms with Crippen LogP contribution in [0.4, 0.5) is 31.1 Å². The molecule has 3 rings (SSSR count). The molecule has 0 unspecified atom stereocenters. The van der Waals surface area contributed by atoms with Crippen molar-refractivity contribution in [1.29, 1.82) is 5.26 Å². The van der Waals surface area contributed by atoms with Gasteiger partial charge in [0.05, 0.1) is 6.07 Å². The average Bonchev–Trinajstić information content (AvgIpc) is 3.37. The maximum absolute atomic E-state index is 12.7. The van der Waals surface area contributed by atoms with Gasteiger partial charge >= 0.3 is 18.4 Å². The summed E-state index contributed by atoms with van der Waals surface area (Å²) in [5.74, 6) is -0.349. The lowest BCUT2D eigenvalue weighted by Crippen LogP contribution is -2.49. The van der Waals surface area contributed by atoms with E-state index in [1.54, 1.807) is 4.90 Å². The Bertz CT molecular complexity index is 702. The van der Waals surface area contributed by atoms with E-state index in [0.717, 1.165) is 4.90 Å². The standard InChI is InChI=1S/C18H21F6N3O3/c19-17(20,21)14(18(22,23)24)30-15(29)27-7-3-16(4-8-27)9-12(16)13(28)26-5-1-11(10-25)2-6-26/h11-12,14H,1-9H2/t12-/m1/s1. The Kier molecular flexibility index (Phi) is 5.86. The summed E-state index contributed by atoms with van der Waals surface area (Å²) < 4.78 is 79.1. The van der Waals surface area contributed by atoms with Gasteiger partial charge in [0.2, 0.25) is 5.91 Å². The first-order valence-corrected chi connectivity index (χ1v) is 9.65. The summed E-state index contributed by atoms with van der Waals surface area (Å²) in [6.07, 6.45) is -14.9. The summed E-state index contributed by atoms with van der Waals surface area (Å²) in [5, 5.41) is 8.93. The third kappa shape index (κ3) is 4.59. The lowest BCUT2D eigenvalue weighted by atomic mass is 9.90. The van der Waals surface area contributed by atoms with Gasteiger partial charge in [-0.2, -0.15) is 31.6 Å². The first kappa shape index (κ1) is 22.5. The molecule has 0 aromatic rings. The second-order valence-corrected chi connectivity index (χ2v) is 8.18. The lowest BCUT2D eigenvalue weighted by molar-refractivity contribution is -0.308. The fraction of sp³-hybridized carbons (Fsp3) is 0.833. The topological polar surface area (TPSA) is 73.6 Å². The molecule has 1 saturated carbocycles. The zero-order valence-electron chi connectivity index (χ0n) is 15.9. The summed E-state index contributed by atoms with van der Waals surface area (Å²) in [6, 6.07) is 2.18. The number of alkyl halides is 6. The van der Waals surface area contributed by atoms with Crippen molar-refractivity contribution >= 4 is 12.0 Å². The number of carbonyl (C=O) groups excluding carboxylic acids is 2. The first-order chi connectivity index (χ1) is 13.9. The van der Waals surface area contributed by atoms with Gasteiger partial charge in [0, 0.05) is 38.0 Å². The van der Waals surface area contributed by atoms with Crippen molar-refractivity contribution < 1.29 is 40.7 Å². The SMILES string of the molecule is N#CC1CCN(C(=O)[C@H]2CC23CCN(C(=O)OC(C(F)(F)F)C(F)(F)F)CC3)CC1. The van der Waals surface area contributed by atoms with Gasteiger partial charge in [0.1, 0.15) is 0 Å². The van der Waals surface area contributed by atoms with Crippen molar-refractivity contribution in [2.45, 2.75) is 50.6 Å². The molecule has 0 bridgehead atoms. The molecule has 2 saturated heterocycles. The van der Waals surface area contributed by atoms with Gasteiger partial charge in [-0.15, -0.1) is 0 Å². The van der Waals surface area contributed by atoms with Gasteiger partial charge < -0.3 is 14.5 Å². The van der Waals surface area contributed by atoms with Crippen LogP contribution in [-0.4, -0.2) is 66.4 Å². The molecular formula is C18H21F6N3O3. The van der Waals surface area contributed by atoms with Crippen LogP contribution in [0, 0.1) is 28.6 Å². The first-order valence-electron chi connectivity index (χ1n) is 9.65. The zero-order valence-corrected chi connectivity index (χ0v) is 15.9. The predicted octanol–water partition coefficient (Wildman–Crippen LogP) is 3.48. The quantitative estimate of drug-likeness (QED) is 0.615. The minimum Gasteiger partial charge on any atom is -0.426 e. The fourth-order valence-corrected chi connectivity index (χ4v) is 4.33. The molecule has 2 aliphatic heterocycles. The molecule has 2 amide bonds. The molecule has 1 spiro atoms. The maximum atomic E-state index is 12.7. The number of rotatable bonds is 2. The van der Waals surface area contributed by atoms with E-state index in [-0.39, 0.29) is 36.2 Å². The van der Waals surface area contributed by atoms with Crippen LogP contribution in [0.15, 0.2) is 0 Å². The Balaban J connectivity index is 1.51. The Morgan fingerprint density at radius 3 is 1.97 bits per heavy atom. The van der Waals surface area contributed by atoms with E-state index in [9.17, 15) is 35.9 Å². The van der Waals surface area contributed by atoms with Crippen LogP contribution in [0.25, 0.3) is 0 Å². The Morgan fingerprint density at radius 2 is 1.50 bits per heavy atom. The molecule has 30 heavy (non-hydrogen) atoms. The number of amides is 2. The normalized spacial score (nSPS) is 24.7. The monoisotopic (exact) mass is 441 g/mol. The lowest BCUT2D eigenvalue weighted by Gasteiger charge is -2.35. The van der Waals surface area contributed by atoms with Crippen LogP contribution in [0.5, 0.6) is 0 Å². The summed E-state index contributed by atoms with van der Waals surface area (Å²) >= 11 is 0. The van der Waals surface area contributed by atoms with E-state index >= 15 is 0 Å². The van der Waals surface area contributed by atoms with Gasteiger partial charge in [0.25, 0.3) is 6.10 Å². The highest BCUT2D eigenvalue weighted by Crippen LogP contribution is 2.60. The Hall–Kier alpha value is -2.19. The number of hydrogen-bond acceptors (Lipinski definition) is 4. The molecular weight excluding hydrogens is 420 g/mol. The number of nitriles is 1. The van der Waals surface area contributed by atoms with Crippen molar-refractivity contribution in [2.75, 3.05) is 26.2 Å². The molecule has 3 fully saturated rings. The van der Waals surface area contributed by atoms with Gasteiger partial charge in [-0.1, -0.05) is 0 Å². The minimum absolute atomic E-state index is 0.0309. The number of halogens is 6. The number of carbonyl (C=O) groups is 2. The van der Waals surface area contributed by atoms with Crippen LogP contribution in [0.1, 0.15) is 32.1 Å². The number of piperidine rings is 2. The average molecular weight is 441 g/mol. The predicted molar refractivity (Wildman–Crippen MR) is 88.6 cm³/mol. The second kappa shape index (κ2) is 7.81. The fourth-order valence-electron chi connectivity index (χ4n) is 4.33. The number of nitrogens with zero attached hydrogens (tertiary/aromatic N) is 3. The maximum Gasteiger partial charge on any atom is 0.434 e. The van der Waals surface area contributed by atoms with E-state index in [0.29, 0.717) is 45.2 Å². The molecule has 0 aromatic heterocycles. The van der Waals surface area contributed by atoms with Crippen LogP contribution < -0.4 is 0 Å². The molecule has 1 aliphatic carbocycles. The minimum atomic E-state index is -5.75. The third-order valence-electron chi connectivity index (χ3n) is 6.31. The Labute approximate surface area is 168 Å². The summed E-state index contributed by atoms with van der Waals surface area (Å²) in [7, 11) is 0. The van der Waals surface area contributed by atoms with Gasteiger partial charge in [-0.25, -0.2) is 4.79 Å². The van der Waals surface area contributed by atoms with Crippen molar-refractivity contribution in [2.24, 2.45) is 17.3 Å². The number of likely N-dealkylation sites (tertiary alicyclic amines) is 2. The molecule has 6 nitrogen and oxygen atoms in total. The molecule has 2 heterocycles. The third-order valence-corrected chi connectivity index (χ3v) is 6.31. The highest BCUT2D eigenvalue weighted by atomic mass is 19.4. The van der Waals surface area contributed by atoms with E-state index in [1.807, 2.05) is 0 Å². The molecule has 1 atom stereocenters. The van der Waals surface area contributed by atoms with Crippen molar-refractivity contribution in [1.82, 2.24) is 9.80 Å². The second-order valence-electron chi connectivity index (χ2n) is 8.18. The number of ether oxygens (including phenoxy) is 1. The smallest absolute Gasteiger partial charge is 0.426 e. The van der Waals surface area contributed by atoms with E-state index < -0.39 is 24.5 Å².